The molecule has 0 bridgehead atoms. The molecule has 1 radical (unpaired) electrons. The molecule has 0 heterocycles. The van der Waals surface area contributed by atoms with Gasteiger partial charge in [0, 0.05) is 6.04 Å². The molecule has 0 unspecified atom stereocenters. The first kappa shape index (κ1) is 8.97. The van der Waals surface area contributed by atoms with E-state index >= 15 is 0 Å². The SMILES string of the molecule is CN[C]1CCC(NC)(NC)C1. The Hall–Kier alpha value is -0.120. The minimum absolute atomic E-state index is 0.151. The topological polar surface area (TPSA) is 36.1 Å². The van der Waals surface area contributed by atoms with Crippen molar-refractivity contribution in [3.63, 3.8) is 0 Å². The maximum atomic E-state index is 3.32. The summed E-state index contributed by atoms with van der Waals surface area (Å²) in [7, 11) is 6.01. The molecule has 1 fully saturated rings. The largest absolute Gasteiger partial charge is 0.312 e. The first-order valence-corrected chi connectivity index (χ1v) is 4.16. The summed E-state index contributed by atoms with van der Waals surface area (Å²) in [5.41, 5.74) is 0.151. The lowest BCUT2D eigenvalue weighted by Gasteiger charge is -2.28. The van der Waals surface area contributed by atoms with Gasteiger partial charge in [0.05, 0.1) is 5.66 Å². The molecule has 0 spiro atoms. The van der Waals surface area contributed by atoms with Crippen LogP contribution in [-0.2, 0) is 0 Å². The second-order valence-electron chi connectivity index (χ2n) is 3.11. The fourth-order valence-electron chi connectivity index (χ4n) is 1.67. The minimum atomic E-state index is 0.151. The van der Waals surface area contributed by atoms with Crippen molar-refractivity contribution in [3.05, 3.63) is 6.04 Å². The normalized spacial score (nSPS) is 24.3. The van der Waals surface area contributed by atoms with E-state index in [4.69, 9.17) is 0 Å². The van der Waals surface area contributed by atoms with Crippen molar-refractivity contribution in [3.8, 4) is 0 Å². The molecule has 0 atom stereocenters. The highest BCUT2D eigenvalue weighted by atomic mass is 15.2. The summed E-state index contributed by atoms with van der Waals surface area (Å²) in [4.78, 5) is 0. The molecule has 3 heteroatoms. The summed E-state index contributed by atoms with van der Waals surface area (Å²) < 4.78 is 0. The predicted octanol–water partition coefficient (Wildman–Crippen LogP) is 0.0568. The fraction of sp³-hybridized carbons (Fsp3) is 0.875. The van der Waals surface area contributed by atoms with E-state index in [0.29, 0.717) is 0 Å². The number of rotatable bonds is 3. The first-order valence-electron chi connectivity index (χ1n) is 4.16. The van der Waals surface area contributed by atoms with Crippen LogP contribution in [0.4, 0.5) is 0 Å². The van der Waals surface area contributed by atoms with Crippen LogP contribution in [0.2, 0.25) is 0 Å². The summed E-state index contributed by atoms with van der Waals surface area (Å²) >= 11 is 0. The molecule has 1 aliphatic carbocycles. The monoisotopic (exact) mass is 156 g/mol. The van der Waals surface area contributed by atoms with Crippen LogP contribution in [0.3, 0.4) is 0 Å². The molecule has 0 aromatic rings. The van der Waals surface area contributed by atoms with Crippen molar-refractivity contribution in [1.82, 2.24) is 16.0 Å². The molecule has 3 N–H and O–H groups in total. The van der Waals surface area contributed by atoms with Crippen molar-refractivity contribution >= 4 is 0 Å². The Morgan fingerprint density at radius 1 is 1.18 bits per heavy atom. The molecule has 11 heavy (non-hydrogen) atoms. The van der Waals surface area contributed by atoms with Crippen LogP contribution in [0.5, 0.6) is 0 Å². The predicted molar refractivity (Wildman–Crippen MR) is 47.0 cm³/mol. The van der Waals surface area contributed by atoms with Gasteiger partial charge in [0.1, 0.15) is 0 Å². The van der Waals surface area contributed by atoms with Gasteiger partial charge in [-0.3, -0.25) is 0 Å². The molecule has 3 nitrogen and oxygen atoms in total. The van der Waals surface area contributed by atoms with Gasteiger partial charge >= 0.3 is 0 Å². The van der Waals surface area contributed by atoms with Crippen molar-refractivity contribution in [2.75, 3.05) is 21.1 Å². The van der Waals surface area contributed by atoms with Gasteiger partial charge in [-0.05, 0) is 40.4 Å². The van der Waals surface area contributed by atoms with Crippen LogP contribution in [0.15, 0.2) is 0 Å². The Morgan fingerprint density at radius 2 is 1.82 bits per heavy atom. The molecule has 0 aliphatic heterocycles. The van der Waals surface area contributed by atoms with Crippen LogP contribution < -0.4 is 16.0 Å². The molecule has 65 valence electrons. The van der Waals surface area contributed by atoms with E-state index in [-0.39, 0.29) is 5.66 Å². The number of hydrogen-bond acceptors (Lipinski definition) is 3. The summed E-state index contributed by atoms with van der Waals surface area (Å²) in [6.45, 7) is 0. The fourth-order valence-corrected chi connectivity index (χ4v) is 1.67. The summed E-state index contributed by atoms with van der Waals surface area (Å²) in [5, 5.41) is 9.86. The lowest BCUT2D eigenvalue weighted by Crippen LogP contribution is -2.52. The maximum Gasteiger partial charge on any atom is 0.0701 e. The third-order valence-electron chi connectivity index (χ3n) is 2.68. The Balaban J connectivity index is 2.48. The zero-order valence-corrected chi connectivity index (χ0v) is 7.62. The maximum absolute atomic E-state index is 3.32. The van der Waals surface area contributed by atoms with Crippen LogP contribution in [0.25, 0.3) is 0 Å². The van der Waals surface area contributed by atoms with Crippen molar-refractivity contribution < 1.29 is 0 Å². The van der Waals surface area contributed by atoms with Crippen molar-refractivity contribution in [1.29, 1.82) is 0 Å². The molecule has 1 saturated carbocycles. The quantitative estimate of drug-likeness (QED) is 0.506. The second kappa shape index (κ2) is 3.52. The second-order valence-corrected chi connectivity index (χ2v) is 3.11. The van der Waals surface area contributed by atoms with E-state index in [0.717, 1.165) is 6.42 Å². The first-order chi connectivity index (χ1) is 5.26. The van der Waals surface area contributed by atoms with Gasteiger partial charge in [0.2, 0.25) is 0 Å². The molecule has 1 rings (SSSR count). The van der Waals surface area contributed by atoms with Gasteiger partial charge < -0.3 is 16.0 Å². The summed E-state index contributed by atoms with van der Waals surface area (Å²) in [5.74, 6) is 0. The Bertz CT molecular complexity index is 121. The standard InChI is InChI=1S/C8H18N3/c1-9-7-4-5-8(6-7,10-2)11-3/h9-11H,4-6H2,1-3H3. The molecule has 0 amide bonds. The van der Waals surface area contributed by atoms with E-state index in [9.17, 15) is 0 Å². The average molecular weight is 156 g/mol. The Morgan fingerprint density at radius 3 is 2.09 bits per heavy atom. The van der Waals surface area contributed by atoms with Gasteiger partial charge in [-0.2, -0.15) is 0 Å². The van der Waals surface area contributed by atoms with E-state index < -0.39 is 0 Å². The van der Waals surface area contributed by atoms with Gasteiger partial charge in [0.25, 0.3) is 0 Å². The smallest absolute Gasteiger partial charge is 0.0701 e. The van der Waals surface area contributed by atoms with Gasteiger partial charge in [0.15, 0.2) is 0 Å². The Labute approximate surface area is 68.9 Å². The highest BCUT2D eigenvalue weighted by molar-refractivity contribution is 5.05. The van der Waals surface area contributed by atoms with Crippen LogP contribution in [0, 0.1) is 6.04 Å². The van der Waals surface area contributed by atoms with Gasteiger partial charge in [-0.15, -0.1) is 0 Å². The third kappa shape index (κ3) is 1.72. The number of nitrogens with one attached hydrogen (secondary N) is 3. The third-order valence-corrected chi connectivity index (χ3v) is 2.68. The highest BCUT2D eigenvalue weighted by Crippen LogP contribution is 2.31. The summed E-state index contributed by atoms with van der Waals surface area (Å²) in [6.07, 6.45) is 3.45. The lowest BCUT2D eigenvalue weighted by atomic mass is 10.1. The van der Waals surface area contributed by atoms with E-state index in [1.807, 2.05) is 21.1 Å². The van der Waals surface area contributed by atoms with Crippen LogP contribution >= 0.6 is 0 Å². The Kier molecular flexibility index (Phi) is 2.87. The summed E-state index contributed by atoms with van der Waals surface area (Å²) in [6, 6.07) is 1.44. The average Bonchev–Trinajstić information content (AvgIpc) is 2.49. The molecular weight excluding hydrogens is 138 g/mol. The minimum Gasteiger partial charge on any atom is -0.312 e. The van der Waals surface area contributed by atoms with Crippen molar-refractivity contribution in [2.45, 2.75) is 24.9 Å². The molecule has 0 aromatic heterocycles. The molecule has 0 saturated heterocycles. The molecular formula is C8H18N3. The zero-order chi connectivity index (χ0) is 8.32. The van der Waals surface area contributed by atoms with Gasteiger partial charge in [-0.25, -0.2) is 0 Å². The van der Waals surface area contributed by atoms with Crippen LogP contribution in [0.1, 0.15) is 19.3 Å². The van der Waals surface area contributed by atoms with E-state index in [1.54, 1.807) is 0 Å². The highest BCUT2D eigenvalue weighted by Gasteiger charge is 2.35. The zero-order valence-electron chi connectivity index (χ0n) is 7.62. The molecule has 0 aromatic carbocycles. The van der Waals surface area contributed by atoms with Crippen LogP contribution in [-0.4, -0.2) is 26.8 Å². The molecule has 1 aliphatic rings. The van der Waals surface area contributed by atoms with Gasteiger partial charge in [-0.1, -0.05) is 0 Å². The number of hydrogen-bond donors (Lipinski definition) is 3. The van der Waals surface area contributed by atoms with E-state index in [1.165, 1.54) is 18.9 Å². The van der Waals surface area contributed by atoms with E-state index in [2.05, 4.69) is 16.0 Å². The lowest BCUT2D eigenvalue weighted by molar-refractivity contribution is 0.305. The van der Waals surface area contributed by atoms with Crippen molar-refractivity contribution in [2.24, 2.45) is 0 Å².